The second kappa shape index (κ2) is 6.86. The van der Waals surface area contributed by atoms with Crippen molar-refractivity contribution in [3.63, 3.8) is 0 Å². The standard InChI is InChI=1S/C15H16N2O2S/c1-11-4-3-5-13(8-11)19-10-15(18)17-16-9-14-12(2)6-7-20-14/h3-9H,10H2,1-2H3,(H,17,18)/b16-9-. The Morgan fingerprint density at radius 1 is 1.40 bits per heavy atom. The summed E-state index contributed by atoms with van der Waals surface area (Å²) < 4.78 is 5.38. The molecule has 0 fully saturated rings. The van der Waals surface area contributed by atoms with E-state index < -0.39 is 0 Å². The van der Waals surface area contributed by atoms with Crippen LogP contribution >= 0.6 is 11.3 Å². The van der Waals surface area contributed by atoms with Crippen LogP contribution in [-0.4, -0.2) is 18.7 Å². The smallest absolute Gasteiger partial charge is 0.277 e. The number of benzene rings is 1. The number of ether oxygens (including phenoxy) is 1. The lowest BCUT2D eigenvalue weighted by Gasteiger charge is -2.05. The Labute approximate surface area is 122 Å². The summed E-state index contributed by atoms with van der Waals surface area (Å²) in [7, 11) is 0. The van der Waals surface area contributed by atoms with Crippen molar-refractivity contribution in [3.05, 3.63) is 51.7 Å². The van der Waals surface area contributed by atoms with Gasteiger partial charge >= 0.3 is 0 Å². The first-order valence-corrected chi connectivity index (χ1v) is 7.08. The molecule has 0 saturated heterocycles. The normalized spacial score (nSPS) is 10.7. The largest absolute Gasteiger partial charge is 0.484 e. The predicted molar refractivity (Wildman–Crippen MR) is 81.5 cm³/mol. The third-order valence-electron chi connectivity index (χ3n) is 2.63. The first-order valence-electron chi connectivity index (χ1n) is 6.20. The molecule has 2 aromatic rings. The zero-order chi connectivity index (χ0) is 14.4. The molecule has 0 aliphatic rings. The molecule has 1 N–H and O–H groups in total. The highest BCUT2D eigenvalue weighted by Crippen LogP contribution is 2.13. The van der Waals surface area contributed by atoms with Gasteiger partial charge in [-0.1, -0.05) is 12.1 Å². The number of amides is 1. The summed E-state index contributed by atoms with van der Waals surface area (Å²) in [4.78, 5) is 12.6. The molecule has 5 heteroatoms. The van der Waals surface area contributed by atoms with Crippen LogP contribution in [0, 0.1) is 13.8 Å². The van der Waals surface area contributed by atoms with Gasteiger partial charge in [0.2, 0.25) is 0 Å². The number of hydrogen-bond donors (Lipinski definition) is 1. The first kappa shape index (κ1) is 14.3. The van der Waals surface area contributed by atoms with Crippen molar-refractivity contribution in [1.82, 2.24) is 5.43 Å². The number of carbonyl (C=O) groups excluding carboxylic acids is 1. The second-order valence-corrected chi connectivity index (χ2v) is 5.31. The van der Waals surface area contributed by atoms with Crippen LogP contribution in [0.1, 0.15) is 16.0 Å². The lowest BCUT2D eigenvalue weighted by atomic mass is 10.2. The van der Waals surface area contributed by atoms with Crippen LogP contribution in [-0.2, 0) is 4.79 Å². The first-order chi connectivity index (χ1) is 9.65. The third kappa shape index (κ3) is 4.20. The van der Waals surface area contributed by atoms with Crippen molar-refractivity contribution in [2.75, 3.05) is 6.61 Å². The Kier molecular flexibility index (Phi) is 4.90. The summed E-state index contributed by atoms with van der Waals surface area (Å²) in [5.41, 5.74) is 4.68. The van der Waals surface area contributed by atoms with Gasteiger partial charge in [0.1, 0.15) is 5.75 Å². The third-order valence-corrected chi connectivity index (χ3v) is 3.59. The monoisotopic (exact) mass is 288 g/mol. The number of hydrazone groups is 1. The molecule has 1 aromatic heterocycles. The maximum absolute atomic E-state index is 11.6. The molecule has 0 radical (unpaired) electrons. The minimum Gasteiger partial charge on any atom is -0.484 e. The SMILES string of the molecule is Cc1cccc(OCC(=O)N/N=C\c2sccc2C)c1. The van der Waals surface area contributed by atoms with E-state index >= 15 is 0 Å². The van der Waals surface area contributed by atoms with Crippen molar-refractivity contribution in [2.24, 2.45) is 5.10 Å². The summed E-state index contributed by atoms with van der Waals surface area (Å²) >= 11 is 1.58. The molecule has 2 rings (SSSR count). The van der Waals surface area contributed by atoms with Gasteiger partial charge < -0.3 is 4.74 Å². The zero-order valence-corrected chi connectivity index (χ0v) is 12.2. The number of rotatable bonds is 5. The fourth-order valence-corrected chi connectivity index (χ4v) is 2.35. The average molecular weight is 288 g/mol. The number of thiophene rings is 1. The number of hydrogen-bond acceptors (Lipinski definition) is 4. The molecular formula is C15H16N2O2S. The van der Waals surface area contributed by atoms with E-state index in [9.17, 15) is 4.79 Å². The van der Waals surface area contributed by atoms with E-state index in [0.29, 0.717) is 5.75 Å². The van der Waals surface area contributed by atoms with Gasteiger partial charge in [-0.25, -0.2) is 5.43 Å². The molecule has 1 heterocycles. The molecular weight excluding hydrogens is 272 g/mol. The van der Waals surface area contributed by atoms with Gasteiger partial charge in [0.05, 0.1) is 6.21 Å². The molecule has 0 aliphatic heterocycles. The summed E-state index contributed by atoms with van der Waals surface area (Å²) in [5.74, 6) is 0.398. The van der Waals surface area contributed by atoms with Gasteiger partial charge in [-0.2, -0.15) is 5.10 Å². The molecule has 0 unspecified atom stereocenters. The Balaban J connectivity index is 1.79. The maximum atomic E-state index is 11.6. The van der Waals surface area contributed by atoms with Gasteiger partial charge in [0.25, 0.3) is 5.91 Å². The number of nitrogens with one attached hydrogen (secondary N) is 1. The van der Waals surface area contributed by atoms with Crippen LogP contribution in [0.15, 0.2) is 40.8 Å². The van der Waals surface area contributed by atoms with E-state index in [1.807, 2.05) is 49.6 Å². The minimum absolute atomic E-state index is 0.0514. The van der Waals surface area contributed by atoms with Gasteiger partial charge in [0, 0.05) is 4.88 Å². The van der Waals surface area contributed by atoms with Crippen LogP contribution in [0.5, 0.6) is 5.75 Å². The molecule has 0 bridgehead atoms. The van der Waals surface area contributed by atoms with Crippen molar-refractivity contribution in [3.8, 4) is 5.75 Å². The Morgan fingerprint density at radius 2 is 2.25 bits per heavy atom. The van der Waals surface area contributed by atoms with E-state index in [1.54, 1.807) is 17.6 Å². The van der Waals surface area contributed by atoms with Crippen molar-refractivity contribution in [2.45, 2.75) is 13.8 Å². The molecule has 0 spiro atoms. The zero-order valence-electron chi connectivity index (χ0n) is 11.4. The lowest BCUT2D eigenvalue weighted by molar-refractivity contribution is -0.123. The van der Waals surface area contributed by atoms with Crippen LogP contribution in [0.4, 0.5) is 0 Å². The van der Waals surface area contributed by atoms with E-state index in [2.05, 4.69) is 10.5 Å². The average Bonchev–Trinajstić information content (AvgIpc) is 2.82. The fraction of sp³-hybridized carbons (Fsp3) is 0.200. The number of carbonyl (C=O) groups is 1. The Morgan fingerprint density at radius 3 is 2.95 bits per heavy atom. The second-order valence-electron chi connectivity index (χ2n) is 4.37. The summed E-state index contributed by atoms with van der Waals surface area (Å²) in [6.07, 6.45) is 1.64. The lowest BCUT2D eigenvalue weighted by Crippen LogP contribution is -2.24. The summed E-state index contributed by atoms with van der Waals surface area (Å²) in [6, 6.07) is 9.57. The molecule has 104 valence electrons. The van der Waals surface area contributed by atoms with E-state index in [0.717, 1.165) is 16.0 Å². The van der Waals surface area contributed by atoms with Gasteiger partial charge in [-0.05, 0) is 48.6 Å². The topological polar surface area (TPSA) is 50.7 Å². The van der Waals surface area contributed by atoms with Gasteiger partial charge in [-0.15, -0.1) is 11.3 Å². The highest BCUT2D eigenvalue weighted by atomic mass is 32.1. The van der Waals surface area contributed by atoms with E-state index in [1.165, 1.54) is 0 Å². The van der Waals surface area contributed by atoms with Gasteiger partial charge in [0.15, 0.2) is 6.61 Å². The summed E-state index contributed by atoms with van der Waals surface area (Å²) in [5, 5.41) is 5.90. The van der Waals surface area contributed by atoms with Crippen molar-refractivity contribution < 1.29 is 9.53 Å². The molecule has 0 saturated carbocycles. The molecule has 1 amide bonds. The van der Waals surface area contributed by atoms with E-state index in [-0.39, 0.29) is 12.5 Å². The van der Waals surface area contributed by atoms with Crippen LogP contribution < -0.4 is 10.2 Å². The number of nitrogens with zero attached hydrogens (tertiary/aromatic N) is 1. The van der Waals surface area contributed by atoms with Crippen LogP contribution in [0.3, 0.4) is 0 Å². The van der Waals surface area contributed by atoms with Gasteiger partial charge in [-0.3, -0.25) is 4.79 Å². The molecule has 0 atom stereocenters. The quantitative estimate of drug-likeness (QED) is 0.679. The number of aryl methyl sites for hydroxylation is 2. The summed E-state index contributed by atoms with van der Waals surface area (Å²) in [6.45, 7) is 3.92. The van der Waals surface area contributed by atoms with Crippen molar-refractivity contribution in [1.29, 1.82) is 0 Å². The van der Waals surface area contributed by atoms with Crippen molar-refractivity contribution >= 4 is 23.5 Å². The maximum Gasteiger partial charge on any atom is 0.277 e. The molecule has 1 aromatic carbocycles. The minimum atomic E-state index is -0.281. The van der Waals surface area contributed by atoms with E-state index in [4.69, 9.17) is 4.74 Å². The Bertz CT molecular complexity index is 620. The van der Waals surface area contributed by atoms with Crippen LogP contribution in [0.2, 0.25) is 0 Å². The molecule has 20 heavy (non-hydrogen) atoms. The molecule has 4 nitrogen and oxygen atoms in total. The fourth-order valence-electron chi connectivity index (χ4n) is 1.57. The van der Waals surface area contributed by atoms with Crippen LogP contribution in [0.25, 0.3) is 0 Å². The Hall–Kier alpha value is -2.14. The predicted octanol–water partition coefficient (Wildman–Crippen LogP) is 2.89. The highest BCUT2D eigenvalue weighted by molar-refractivity contribution is 7.11. The molecule has 0 aliphatic carbocycles. The highest BCUT2D eigenvalue weighted by Gasteiger charge is 2.01.